The molecule has 5 heteroatoms. The Morgan fingerprint density at radius 2 is 2.00 bits per heavy atom. The molecule has 20 heavy (non-hydrogen) atoms. The summed E-state index contributed by atoms with van der Waals surface area (Å²) < 4.78 is 5.18. The Hall–Kier alpha value is -1.10. The first kappa shape index (κ1) is 15.3. The minimum absolute atomic E-state index is 0.0440. The van der Waals surface area contributed by atoms with E-state index >= 15 is 0 Å². The van der Waals surface area contributed by atoms with Crippen LogP contribution >= 0.6 is 0 Å². The van der Waals surface area contributed by atoms with Crippen molar-refractivity contribution in [2.45, 2.75) is 32.6 Å². The van der Waals surface area contributed by atoms with E-state index in [1.54, 1.807) is 7.11 Å². The van der Waals surface area contributed by atoms with Crippen molar-refractivity contribution in [1.82, 2.24) is 4.90 Å². The molecule has 0 aromatic heterocycles. The van der Waals surface area contributed by atoms with E-state index < -0.39 is 11.9 Å². The third-order valence-corrected chi connectivity index (χ3v) is 4.67. The largest absolute Gasteiger partial charge is 0.481 e. The van der Waals surface area contributed by atoms with E-state index in [0.29, 0.717) is 37.8 Å². The molecule has 5 nitrogen and oxygen atoms in total. The zero-order chi connectivity index (χ0) is 14.7. The van der Waals surface area contributed by atoms with E-state index in [4.69, 9.17) is 4.74 Å². The smallest absolute Gasteiger partial charge is 0.307 e. The summed E-state index contributed by atoms with van der Waals surface area (Å²) in [6.45, 7) is 4.18. The highest BCUT2D eigenvalue weighted by Crippen LogP contribution is 2.38. The third kappa shape index (κ3) is 3.32. The van der Waals surface area contributed by atoms with Gasteiger partial charge in [0.1, 0.15) is 0 Å². The number of likely N-dealkylation sites (tertiary alicyclic amines) is 1. The number of methoxy groups -OCH3 is 1. The van der Waals surface area contributed by atoms with Crippen LogP contribution in [0.4, 0.5) is 0 Å². The monoisotopic (exact) mass is 283 g/mol. The number of carbonyl (C=O) groups excluding carboxylic acids is 1. The first-order valence-corrected chi connectivity index (χ1v) is 7.53. The standard InChI is InChI=1S/C15H25NO4/c1-10-6-12(13(7-10)15(18)19)14(17)16-5-3-4-11(8-16)9-20-2/h10-13H,3-9H2,1-2H3,(H,18,19). The Morgan fingerprint density at radius 3 is 2.65 bits per heavy atom. The zero-order valence-electron chi connectivity index (χ0n) is 12.4. The van der Waals surface area contributed by atoms with E-state index in [-0.39, 0.29) is 11.8 Å². The second-order valence-electron chi connectivity index (χ2n) is 6.38. The van der Waals surface area contributed by atoms with Gasteiger partial charge in [0.05, 0.1) is 18.4 Å². The number of aliphatic carboxylic acids is 1. The quantitative estimate of drug-likeness (QED) is 0.851. The van der Waals surface area contributed by atoms with Crippen molar-refractivity contribution in [2.75, 3.05) is 26.8 Å². The fourth-order valence-electron chi connectivity index (χ4n) is 3.71. The van der Waals surface area contributed by atoms with Gasteiger partial charge in [0.2, 0.25) is 5.91 Å². The molecular formula is C15H25NO4. The Balaban J connectivity index is 2.00. The Kier molecular flexibility index (Phi) is 5.02. The van der Waals surface area contributed by atoms with Gasteiger partial charge in [-0.1, -0.05) is 6.92 Å². The fourth-order valence-corrected chi connectivity index (χ4v) is 3.71. The lowest BCUT2D eigenvalue weighted by Crippen LogP contribution is -2.45. The molecule has 4 unspecified atom stereocenters. The van der Waals surface area contributed by atoms with Crippen molar-refractivity contribution in [3.8, 4) is 0 Å². The van der Waals surface area contributed by atoms with Crippen LogP contribution in [0.5, 0.6) is 0 Å². The highest BCUT2D eigenvalue weighted by atomic mass is 16.5. The number of carbonyl (C=O) groups is 2. The lowest BCUT2D eigenvalue weighted by atomic mass is 9.92. The molecule has 1 heterocycles. The van der Waals surface area contributed by atoms with Crippen LogP contribution in [-0.4, -0.2) is 48.7 Å². The maximum Gasteiger partial charge on any atom is 0.307 e. The van der Waals surface area contributed by atoms with Gasteiger partial charge in [-0.2, -0.15) is 0 Å². The molecule has 2 aliphatic rings. The summed E-state index contributed by atoms with van der Waals surface area (Å²) in [5.41, 5.74) is 0. The molecule has 0 spiro atoms. The average molecular weight is 283 g/mol. The molecule has 0 aromatic carbocycles. The number of ether oxygens (including phenoxy) is 1. The number of rotatable bonds is 4. The maximum atomic E-state index is 12.6. The van der Waals surface area contributed by atoms with Gasteiger partial charge in [0.15, 0.2) is 0 Å². The molecule has 2 rings (SSSR count). The van der Waals surface area contributed by atoms with Crippen LogP contribution in [0, 0.1) is 23.7 Å². The number of hydrogen-bond acceptors (Lipinski definition) is 3. The van der Waals surface area contributed by atoms with E-state index in [2.05, 4.69) is 0 Å². The normalized spacial score (nSPS) is 34.2. The summed E-state index contributed by atoms with van der Waals surface area (Å²) >= 11 is 0. The minimum Gasteiger partial charge on any atom is -0.481 e. The molecular weight excluding hydrogens is 258 g/mol. The van der Waals surface area contributed by atoms with Crippen molar-refractivity contribution < 1.29 is 19.4 Å². The van der Waals surface area contributed by atoms with Crippen LogP contribution < -0.4 is 0 Å². The molecule has 0 radical (unpaired) electrons. The predicted molar refractivity (Wildman–Crippen MR) is 74.2 cm³/mol. The number of amides is 1. The average Bonchev–Trinajstić information content (AvgIpc) is 2.81. The Bertz CT molecular complexity index is 369. The zero-order valence-corrected chi connectivity index (χ0v) is 12.4. The van der Waals surface area contributed by atoms with Crippen LogP contribution in [0.2, 0.25) is 0 Å². The molecule has 114 valence electrons. The predicted octanol–water partition coefficient (Wildman–Crippen LogP) is 1.62. The van der Waals surface area contributed by atoms with Crippen LogP contribution in [0.3, 0.4) is 0 Å². The van der Waals surface area contributed by atoms with Crippen LogP contribution in [0.15, 0.2) is 0 Å². The number of carboxylic acid groups (broad SMARTS) is 1. The number of piperidine rings is 1. The van der Waals surface area contributed by atoms with Gasteiger partial charge in [0.25, 0.3) is 0 Å². The van der Waals surface area contributed by atoms with E-state index in [9.17, 15) is 14.7 Å². The third-order valence-electron chi connectivity index (χ3n) is 4.67. The molecule has 1 aliphatic heterocycles. The van der Waals surface area contributed by atoms with Gasteiger partial charge in [-0.05, 0) is 37.5 Å². The summed E-state index contributed by atoms with van der Waals surface area (Å²) in [5, 5.41) is 9.29. The summed E-state index contributed by atoms with van der Waals surface area (Å²) in [6.07, 6.45) is 3.41. The van der Waals surface area contributed by atoms with Crippen molar-refractivity contribution >= 4 is 11.9 Å². The van der Waals surface area contributed by atoms with Crippen LogP contribution in [0.1, 0.15) is 32.6 Å². The topological polar surface area (TPSA) is 66.8 Å². The summed E-state index contributed by atoms with van der Waals surface area (Å²) in [7, 11) is 1.68. The molecule has 4 atom stereocenters. The lowest BCUT2D eigenvalue weighted by molar-refractivity contribution is -0.150. The van der Waals surface area contributed by atoms with Gasteiger partial charge < -0.3 is 14.7 Å². The first-order chi connectivity index (χ1) is 9.52. The second kappa shape index (κ2) is 6.57. The molecule has 1 amide bonds. The molecule has 1 saturated heterocycles. The van der Waals surface area contributed by atoms with Crippen molar-refractivity contribution in [2.24, 2.45) is 23.7 Å². The molecule has 1 N–H and O–H groups in total. The summed E-state index contributed by atoms with van der Waals surface area (Å²) in [5.74, 6) is -0.894. The van der Waals surface area contributed by atoms with Crippen molar-refractivity contribution in [1.29, 1.82) is 0 Å². The van der Waals surface area contributed by atoms with Crippen molar-refractivity contribution in [3.63, 3.8) is 0 Å². The fraction of sp³-hybridized carbons (Fsp3) is 0.867. The SMILES string of the molecule is COCC1CCCN(C(=O)C2CC(C)CC2C(=O)O)C1. The summed E-state index contributed by atoms with van der Waals surface area (Å²) in [6, 6.07) is 0. The number of hydrogen-bond donors (Lipinski definition) is 1. The summed E-state index contributed by atoms with van der Waals surface area (Å²) in [4.78, 5) is 25.8. The highest BCUT2D eigenvalue weighted by molar-refractivity contribution is 5.85. The molecule has 0 bridgehead atoms. The van der Waals surface area contributed by atoms with Crippen LogP contribution in [-0.2, 0) is 14.3 Å². The second-order valence-corrected chi connectivity index (χ2v) is 6.38. The number of carboxylic acids is 1. The van der Waals surface area contributed by atoms with E-state index in [0.717, 1.165) is 19.4 Å². The maximum absolute atomic E-state index is 12.6. The van der Waals surface area contributed by atoms with Gasteiger partial charge in [0, 0.05) is 20.2 Å². The Labute approximate surface area is 120 Å². The van der Waals surface area contributed by atoms with Gasteiger partial charge in [-0.15, -0.1) is 0 Å². The molecule has 1 aliphatic carbocycles. The highest BCUT2D eigenvalue weighted by Gasteiger charge is 2.43. The van der Waals surface area contributed by atoms with E-state index in [1.165, 1.54) is 0 Å². The minimum atomic E-state index is -0.821. The van der Waals surface area contributed by atoms with Crippen molar-refractivity contribution in [3.05, 3.63) is 0 Å². The van der Waals surface area contributed by atoms with Gasteiger partial charge in [-0.25, -0.2) is 0 Å². The Morgan fingerprint density at radius 1 is 1.30 bits per heavy atom. The van der Waals surface area contributed by atoms with Crippen LogP contribution in [0.25, 0.3) is 0 Å². The lowest BCUT2D eigenvalue weighted by Gasteiger charge is -2.34. The molecule has 2 fully saturated rings. The van der Waals surface area contributed by atoms with E-state index in [1.807, 2.05) is 11.8 Å². The first-order valence-electron chi connectivity index (χ1n) is 7.53. The van der Waals surface area contributed by atoms with Gasteiger partial charge in [-0.3, -0.25) is 9.59 Å². The van der Waals surface area contributed by atoms with Gasteiger partial charge >= 0.3 is 5.97 Å². The molecule has 0 aromatic rings. The number of nitrogens with zero attached hydrogens (tertiary/aromatic N) is 1. The molecule has 1 saturated carbocycles.